The normalized spacial score (nSPS) is 17.2. The number of nitrogens with zero attached hydrogens (tertiary/aromatic N) is 3. The zero-order chi connectivity index (χ0) is 19.4. The summed E-state index contributed by atoms with van der Waals surface area (Å²) in [5.74, 6) is -1.37. The van der Waals surface area contributed by atoms with Crippen LogP contribution < -0.4 is 5.32 Å². The summed E-state index contributed by atoms with van der Waals surface area (Å²) in [5.41, 5.74) is 0.633. The Bertz CT molecular complexity index is 721. The van der Waals surface area contributed by atoms with Gasteiger partial charge in [-0.05, 0) is 18.7 Å². The average molecular weight is 372 g/mol. The predicted molar refractivity (Wildman–Crippen MR) is 98.1 cm³/mol. The van der Waals surface area contributed by atoms with Gasteiger partial charge in [-0.25, -0.2) is 0 Å². The molecule has 0 spiro atoms. The van der Waals surface area contributed by atoms with Crippen LogP contribution in [0.4, 0.5) is 0 Å². The number of carbonyl (C=O) groups excluding carboxylic acids is 4. The minimum Gasteiger partial charge on any atom is -0.354 e. The van der Waals surface area contributed by atoms with Gasteiger partial charge in [0.1, 0.15) is 6.54 Å². The van der Waals surface area contributed by atoms with Crippen molar-refractivity contribution < 1.29 is 19.2 Å². The minimum atomic E-state index is -0.462. The van der Waals surface area contributed by atoms with Crippen molar-refractivity contribution in [2.45, 2.75) is 13.3 Å². The minimum absolute atomic E-state index is 0.00628. The Balaban J connectivity index is 1.42. The monoisotopic (exact) mass is 372 g/mol. The Labute approximate surface area is 158 Å². The maximum atomic E-state index is 12.2. The van der Waals surface area contributed by atoms with Gasteiger partial charge < -0.3 is 15.1 Å². The van der Waals surface area contributed by atoms with Gasteiger partial charge in [-0.1, -0.05) is 19.1 Å². The molecule has 1 fully saturated rings. The van der Waals surface area contributed by atoms with Crippen LogP contribution in [0.3, 0.4) is 0 Å². The third-order valence-electron chi connectivity index (χ3n) is 5.01. The molecule has 8 heteroatoms. The molecule has 144 valence electrons. The lowest BCUT2D eigenvalue weighted by Crippen LogP contribution is -2.49. The summed E-state index contributed by atoms with van der Waals surface area (Å²) in [6, 6.07) is 6.51. The summed E-state index contributed by atoms with van der Waals surface area (Å²) in [4.78, 5) is 53.8. The lowest BCUT2D eigenvalue weighted by atomic mass is 10.1. The molecule has 2 aliphatic rings. The van der Waals surface area contributed by atoms with Gasteiger partial charge in [-0.2, -0.15) is 0 Å². The van der Waals surface area contributed by atoms with Gasteiger partial charge >= 0.3 is 0 Å². The second-order valence-corrected chi connectivity index (χ2v) is 6.66. The van der Waals surface area contributed by atoms with Gasteiger partial charge in [-0.15, -0.1) is 0 Å². The molecule has 1 aromatic carbocycles. The van der Waals surface area contributed by atoms with E-state index in [0.717, 1.165) is 24.5 Å². The first-order chi connectivity index (χ1) is 13.0. The van der Waals surface area contributed by atoms with Gasteiger partial charge in [0.2, 0.25) is 11.8 Å². The lowest BCUT2D eigenvalue weighted by Gasteiger charge is -2.34. The fraction of sp³-hybridized carbons (Fsp3) is 0.474. The third kappa shape index (κ3) is 4.16. The molecular formula is C19H24N4O4. The summed E-state index contributed by atoms with van der Waals surface area (Å²) in [6.45, 7) is 6.08. The number of carbonyl (C=O) groups is 4. The number of likely N-dealkylation sites (N-methyl/N-ethyl adjacent to an activating group) is 1. The van der Waals surface area contributed by atoms with E-state index < -0.39 is 17.7 Å². The molecule has 2 aliphatic heterocycles. The summed E-state index contributed by atoms with van der Waals surface area (Å²) in [5, 5.41) is 2.62. The predicted octanol–water partition coefficient (Wildman–Crippen LogP) is -0.0470. The number of nitrogens with one attached hydrogen (secondary N) is 1. The fourth-order valence-electron chi connectivity index (χ4n) is 3.36. The molecule has 0 aliphatic carbocycles. The molecule has 1 saturated heterocycles. The molecule has 2 heterocycles. The largest absolute Gasteiger partial charge is 0.354 e. The number of fused-ring (bicyclic) bond motifs is 1. The van der Waals surface area contributed by atoms with Crippen LogP contribution in [0.1, 0.15) is 34.1 Å². The van der Waals surface area contributed by atoms with Gasteiger partial charge in [-0.3, -0.25) is 24.1 Å². The highest BCUT2D eigenvalue weighted by Crippen LogP contribution is 2.21. The smallest absolute Gasteiger partial charge is 0.262 e. The van der Waals surface area contributed by atoms with Gasteiger partial charge in [0, 0.05) is 39.1 Å². The van der Waals surface area contributed by atoms with Gasteiger partial charge in [0.15, 0.2) is 0 Å². The van der Waals surface area contributed by atoms with Crippen LogP contribution >= 0.6 is 0 Å². The van der Waals surface area contributed by atoms with Crippen molar-refractivity contribution in [3.8, 4) is 0 Å². The first-order valence-corrected chi connectivity index (χ1v) is 9.23. The maximum Gasteiger partial charge on any atom is 0.262 e. The topological polar surface area (TPSA) is 90.0 Å². The molecule has 0 radical (unpaired) electrons. The molecule has 0 bridgehead atoms. The van der Waals surface area contributed by atoms with Crippen LogP contribution in [0.15, 0.2) is 24.3 Å². The van der Waals surface area contributed by atoms with Crippen LogP contribution in [0, 0.1) is 0 Å². The SMILES string of the molecule is CCN1CCN(C(=O)CCNC(=O)CN2C(=O)c3ccccc3C2=O)CC1. The lowest BCUT2D eigenvalue weighted by molar-refractivity contribution is -0.132. The van der Waals surface area contributed by atoms with E-state index in [0.29, 0.717) is 24.2 Å². The molecule has 0 atom stereocenters. The number of rotatable bonds is 6. The molecule has 0 aromatic heterocycles. The molecule has 0 saturated carbocycles. The first-order valence-electron chi connectivity index (χ1n) is 9.23. The summed E-state index contributed by atoms with van der Waals surface area (Å²) < 4.78 is 0. The van der Waals surface area contributed by atoms with Crippen molar-refractivity contribution in [2.75, 3.05) is 45.8 Å². The molecule has 1 aromatic rings. The summed E-state index contributed by atoms with van der Waals surface area (Å²) in [7, 11) is 0. The van der Waals surface area contributed by atoms with Crippen molar-refractivity contribution in [3.63, 3.8) is 0 Å². The van der Waals surface area contributed by atoms with E-state index in [1.807, 2.05) is 4.90 Å². The Morgan fingerprint density at radius 3 is 2.15 bits per heavy atom. The second kappa shape index (κ2) is 8.30. The van der Waals surface area contributed by atoms with Crippen LogP contribution in [-0.4, -0.2) is 84.1 Å². The quantitative estimate of drug-likeness (QED) is 0.708. The highest BCUT2D eigenvalue weighted by Gasteiger charge is 2.36. The molecular weight excluding hydrogens is 348 g/mol. The van der Waals surface area contributed by atoms with Crippen molar-refractivity contribution in [1.82, 2.24) is 20.0 Å². The van der Waals surface area contributed by atoms with E-state index in [2.05, 4.69) is 17.1 Å². The Morgan fingerprint density at radius 1 is 1.00 bits per heavy atom. The number of amides is 4. The first kappa shape index (κ1) is 19.0. The van der Waals surface area contributed by atoms with Crippen molar-refractivity contribution in [3.05, 3.63) is 35.4 Å². The van der Waals surface area contributed by atoms with E-state index in [9.17, 15) is 19.2 Å². The van der Waals surface area contributed by atoms with Gasteiger partial charge in [0.25, 0.3) is 11.8 Å². The molecule has 3 rings (SSSR count). The fourth-order valence-corrected chi connectivity index (χ4v) is 3.36. The zero-order valence-electron chi connectivity index (χ0n) is 15.4. The zero-order valence-corrected chi connectivity index (χ0v) is 15.4. The maximum absolute atomic E-state index is 12.2. The highest BCUT2D eigenvalue weighted by molar-refractivity contribution is 6.22. The summed E-state index contributed by atoms with van der Waals surface area (Å²) >= 11 is 0. The standard InChI is InChI=1S/C19H24N4O4/c1-2-21-9-11-22(12-10-21)17(25)7-8-20-16(24)13-23-18(26)14-5-3-4-6-15(14)19(23)27/h3-6H,2,7-13H2,1H3,(H,20,24). The number of imide groups is 1. The Kier molecular flexibility index (Phi) is 5.85. The van der Waals surface area contributed by atoms with Crippen LogP contribution in [0.2, 0.25) is 0 Å². The number of hydrogen-bond donors (Lipinski definition) is 1. The van der Waals surface area contributed by atoms with E-state index in [4.69, 9.17) is 0 Å². The van der Waals surface area contributed by atoms with Crippen LogP contribution in [0.25, 0.3) is 0 Å². The van der Waals surface area contributed by atoms with Crippen LogP contribution in [-0.2, 0) is 9.59 Å². The average Bonchev–Trinajstić information content (AvgIpc) is 2.93. The van der Waals surface area contributed by atoms with Crippen LogP contribution in [0.5, 0.6) is 0 Å². The Hall–Kier alpha value is -2.74. The number of hydrogen-bond acceptors (Lipinski definition) is 5. The number of benzene rings is 1. The number of piperazine rings is 1. The molecule has 4 amide bonds. The molecule has 27 heavy (non-hydrogen) atoms. The molecule has 8 nitrogen and oxygen atoms in total. The van der Waals surface area contributed by atoms with E-state index in [1.165, 1.54) is 0 Å². The van der Waals surface area contributed by atoms with Crippen molar-refractivity contribution in [1.29, 1.82) is 0 Å². The van der Waals surface area contributed by atoms with Crippen molar-refractivity contribution >= 4 is 23.6 Å². The van der Waals surface area contributed by atoms with Crippen molar-refractivity contribution in [2.24, 2.45) is 0 Å². The molecule has 0 unspecified atom stereocenters. The summed E-state index contributed by atoms with van der Waals surface area (Å²) in [6.07, 6.45) is 0.208. The van der Waals surface area contributed by atoms with E-state index in [-0.39, 0.29) is 25.4 Å². The van der Waals surface area contributed by atoms with E-state index >= 15 is 0 Å². The Morgan fingerprint density at radius 2 is 1.59 bits per heavy atom. The second-order valence-electron chi connectivity index (χ2n) is 6.66. The third-order valence-corrected chi connectivity index (χ3v) is 5.01. The van der Waals surface area contributed by atoms with E-state index in [1.54, 1.807) is 24.3 Å². The highest BCUT2D eigenvalue weighted by atomic mass is 16.2. The van der Waals surface area contributed by atoms with Gasteiger partial charge in [0.05, 0.1) is 11.1 Å². The molecule has 1 N–H and O–H groups in total.